The molecule has 1 fully saturated rings. The summed E-state index contributed by atoms with van der Waals surface area (Å²) in [5.74, 6) is -2.63. The van der Waals surface area contributed by atoms with Gasteiger partial charge in [0.25, 0.3) is 5.91 Å². The van der Waals surface area contributed by atoms with Crippen molar-refractivity contribution in [2.75, 3.05) is 32.7 Å². The van der Waals surface area contributed by atoms with E-state index in [0.29, 0.717) is 18.5 Å². The van der Waals surface area contributed by atoms with Crippen LogP contribution < -0.4 is 5.32 Å². The van der Waals surface area contributed by atoms with Gasteiger partial charge in [0.15, 0.2) is 0 Å². The molecular formula is C20H28F3N3O4. The van der Waals surface area contributed by atoms with Crippen LogP contribution in [0.15, 0.2) is 24.3 Å². The summed E-state index contributed by atoms with van der Waals surface area (Å²) < 4.78 is 31.7. The molecule has 0 aromatic heterocycles. The SMILES string of the molecule is Cc1ccc(C(=O)N(CCC(=O)N2CCNCC2)C(C)C)cc1.O=C(O)C(F)(F)F. The summed E-state index contributed by atoms with van der Waals surface area (Å²) in [7, 11) is 0. The van der Waals surface area contributed by atoms with Crippen LogP contribution >= 0.6 is 0 Å². The third-order valence-electron chi connectivity index (χ3n) is 4.46. The molecule has 30 heavy (non-hydrogen) atoms. The molecule has 7 nitrogen and oxygen atoms in total. The van der Waals surface area contributed by atoms with E-state index in [-0.39, 0.29) is 17.9 Å². The van der Waals surface area contributed by atoms with E-state index in [0.717, 1.165) is 31.7 Å². The molecule has 0 bridgehead atoms. The van der Waals surface area contributed by atoms with Crippen molar-refractivity contribution in [1.82, 2.24) is 15.1 Å². The number of rotatable bonds is 5. The second-order valence-electron chi connectivity index (χ2n) is 7.14. The topological polar surface area (TPSA) is 90.0 Å². The van der Waals surface area contributed by atoms with Crippen LogP contribution in [0.4, 0.5) is 13.2 Å². The molecule has 0 aliphatic carbocycles. The van der Waals surface area contributed by atoms with Gasteiger partial charge < -0.3 is 20.2 Å². The summed E-state index contributed by atoms with van der Waals surface area (Å²) in [4.78, 5) is 37.5. The fourth-order valence-electron chi connectivity index (χ4n) is 2.74. The van der Waals surface area contributed by atoms with E-state index < -0.39 is 12.1 Å². The van der Waals surface area contributed by atoms with Crippen LogP contribution in [0.3, 0.4) is 0 Å². The number of benzene rings is 1. The molecule has 10 heteroatoms. The number of nitrogens with zero attached hydrogens (tertiary/aromatic N) is 2. The van der Waals surface area contributed by atoms with Crippen LogP contribution in [0.25, 0.3) is 0 Å². The lowest BCUT2D eigenvalue weighted by molar-refractivity contribution is -0.192. The lowest BCUT2D eigenvalue weighted by atomic mass is 10.1. The monoisotopic (exact) mass is 431 g/mol. The zero-order valence-corrected chi connectivity index (χ0v) is 17.3. The Morgan fingerprint density at radius 2 is 1.63 bits per heavy atom. The Morgan fingerprint density at radius 3 is 2.07 bits per heavy atom. The first kappa shape index (κ1) is 25.4. The first-order valence-corrected chi connectivity index (χ1v) is 9.59. The van der Waals surface area contributed by atoms with Crippen molar-refractivity contribution in [1.29, 1.82) is 0 Å². The second-order valence-corrected chi connectivity index (χ2v) is 7.14. The Kier molecular flexibility index (Phi) is 9.77. The third-order valence-corrected chi connectivity index (χ3v) is 4.46. The van der Waals surface area contributed by atoms with Crippen molar-refractivity contribution in [3.05, 3.63) is 35.4 Å². The number of halogens is 3. The normalized spacial score (nSPS) is 14.0. The van der Waals surface area contributed by atoms with Crippen molar-refractivity contribution in [3.8, 4) is 0 Å². The Hall–Kier alpha value is -2.62. The van der Waals surface area contributed by atoms with E-state index in [4.69, 9.17) is 9.90 Å². The summed E-state index contributed by atoms with van der Waals surface area (Å²) in [5, 5.41) is 10.4. The number of carboxylic acid groups (broad SMARTS) is 1. The standard InChI is InChI=1S/C18H27N3O2.C2HF3O2/c1-14(2)21(18(23)16-6-4-15(3)5-7-16)11-8-17(22)20-12-9-19-10-13-20;3-2(4,5)1(6)7/h4-7,14,19H,8-13H2,1-3H3;(H,6,7). The summed E-state index contributed by atoms with van der Waals surface area (Å²) in [6, 6.07) is 7.66. The molecule has 2 N–H and O–H groups in total. The number of aliphatic carboxylic acids is 1. The summed E-state index contributed by atoms with van der Waals surface area (Å²) in [6.45, 7) is 9.65. The lowest BCUT2D eigenvalue weighted by Crippen LogP contribution is -2.47. The molecule has 2 amide bonds. The fourth-order valence-corrected chi connectivity index (χ4v) is 2.74. The van der Waals surface area contributed by atoms with Crippen molar-refractivity contribution in [2.45, 2.75) is 39.4 Å². The van der Waals surface area contributed by atoms with Gasteiger partial charge in [0.2, 0.25) is 5.91 Å². The molecule has 1 saturated heterocycles. The zero-order chi connectivity index (χ0) is 22.9. The number of nitrogens with one attached hydrogen (secondary N) is 1. The van der Waals surface area contributed by atoms with Crippen LogP contribution in [-0.2, 0) is 9.59 Å². The van der Waals surface area contributed by atoms with Gasteiger partial charge in [0.1, 0.15) is 0 Å². The lowest BCUT2D eigenvalue weighted by Gasteiger charge is -2.30. The van der Waals surface area contributed by atoms with Crippen molar-refractivity contribution >= 4 is 17.8 Å². The van der Waals surface area contributed by atoms with E-state index in [1.807, 2.05) is 49.9 Å². The van der Waals surface area contributed by atoms with Crippen molar-refractivity contribution in [2.24, 2.45) is 0 Å². The molecule has 0 radical (unpaired) electrons. The molecule has 0 unspecified atom stereocenters. The van der Waals surface area contributed by atoms with Gasteiger partial charge in [0, 0.05) is 50.7 Å². The Bertz CT molecular complexity index is 715. The third kappa shape index (κ3) is 8.40. The molecule has 1 aromatic rings. The number of piperazine rings is 1. The minimum absolute atomic E-state index is 0.00638. The largest absolute Gasteiger partial charge is 0.490 e. The van der Waals surface area contributed by atoms with Crippen LogP contribution in [0.2, 0.25) is 0 Å². The molecule has 2 rings (SSSR count). The van der Waals surface area contributed by atoms with Gasteiger partial charge in [-0.2, -0.15) is 13.2 Å². The number of aryl methyl sites for hydroxylation is 1. The van der Waals surface area contributed by atoms with Crippen LogP contribution in [0.5, 0.6) is 0 Å². The Labute approximate surface area is 173 Å². The summed E-state index contributed by atoms with van der Waals surface area (Å²) >= 11 is 0. The van der Waals surface area contributed by atoms with Gasteiger partial charge in [-0.1, -0.05) is 17.7 Å². The summed E-state index contributed by atoms with van der Waals surface area (Å²) in [5.41, 5.74) is 1.81. The molecule has 168 valence electrons. The molecular weight excluding hydrogens is 403 g/mol. The quantitative estimate of drug-likeness (QED) is 0.747. The van der Waals surface area contributed by atoms with Crippen molar-refractivity contribution in [3.63, 3.8) is 0 Å². The number of carbonyl (C=O) groups excluding carboxylic acids is 2. The van der Waals surface area contributed by atoms with Crippen LogP contribution in [0.1, 0.15) is 36.2 Å². The highest BCUT2D eigenvalue weighted by atomic mass is 19.4. The highest BCUT2D eigenvalue weighted by Gasteiger charge is 2.38. The smallest absolute Gasteiger partial charge is 0.475 e. The van der Waals surface area contributed by atoms with Gasteiger partial charge in [0.05, 0.1) is 0 Å². The van der Waals surface area contributed by atoms with Gasteiger partial charge in [-0.3, -0.25) is 9.59 Å². The Balaban J connectivity index is 0.000000553. The fraction of sp³-hybridized carbons (Fsp3) is 0.550. The molecule has 0 spiro atoms. The number of alkyl halides is 3. The predicted molar refractivity (Wildman–Crippen MR) is 105 cm³/mol. The highest BCUT2D eigenvalue weighted by molar-refractivity contribution is 5.94. The number of hydrogen-bond donors (Lipinski definition) is 2. The predicted octanol–water partition coefficient (Wildman–Crippen LogP) is 2.30. The van der Waals surface area contributed by atoms with Gasteiger partial charge in [-0.15, -0.1) is 0 Å². The van der Waals surface area contributed by atoms with Crippen LogP contribution in [-0.4, -0.2) is 77.6 Å². The molecule has 1 aromatic carbocycles. The van der Waals surface area contributed by atoms with Gasteiger partial charge in [-0.25, -0.2) is 4.79 Å². The number of hydrogen-bond acceptors (Lipinski definition) is 4. The number of carbonyl (C=O) groups is 3. The molecule has 0 atom stereocenters. The highest BCUT2D eigenvalue weighted by Crippen LogP contribution is 2.13. The second kappa shape index (κ2) is 11.5. The first-order chi connectivity index (χ1) is 13.9. The maximum absolute atomic E-state index is 12.7. The molecule has 1 aliphatic rings. The van der Waals surface area contributed by atoms with E-state index in [1.165, 1.54) is 0 Å². The first-order valence-electron chi connectivity index (χ1n) is 9.59. The minimum Gasteiger partial charge on any atom is -0.475 e. The maximum Gasteiger partial charge on any atom is 0.490 e. The molecule has 0 saturated carbocycles. The minimum atomic E-state index is -5.08. The summed E-state index contributed by atoms with van der Waals surface area (Å²) in [6.07, 6.45) is -4.70. The van der Waals surface area contributed by atoms with Crippen LogP contribution in [0, 0.1) is 6.92 Å². The molecule has 1 heterocycles. The Morgan fingerprint density at radius 1 is 1.13 bits per heavy atom. The number of amides is 2. The molecule has 1 aliphatic heterocycles. The van der Waals surface area contributed by atoms with Gasteiger partial charge in [-0.05, 0) is 32.9 Å². The van der Waals surface area contributed by atoms with E-state index in [2.05, 4.69) is 5.32 Å². The van der Waals surface area contributed by atoms with E-state index in [9.17, 15) is 22.8 Å². The average molecular weight is 431 g/mol. The zero-order valence-electron chi connectivity index (χ0n) is 17.3. The maximum atomic E-state index is 12.7. The average Bonchev–Trinajstić information content (AvgIpc) is 2.68. The number of carboxylic acids is 1. The van der Waals surface area contributed by atoms with Gasteiger partial charge >= 0.3 is 12.1 Å². The van der Waals surface area contributed by atoms with E-state index >= 15 is 0 Å². The van der Waals surface area contributed by atoms with E-state index in [1.54, 1.807) is 4.90 Å². The van der Waals surface area contributed by atoms with Crippen molar-refractivity contribution < 1.29 is 32.7 Å².